The normalized spacial score (nSPS) is 14.3. The molecule has 2 aromatic rings. The van der Waals surface area contributed by atoms with Crippen molar-refractivity contribution in [3.8, 4) is 0 Å². The monoisotopic (exact) mass is 450 g/mol. The Balaban J connectivity index is 0.000000769. The van der Waals surface area contributed by atoms with Crippen LogP contribution in [0.15, 0.2) is 30.7 Å². The van der Waals surface area contributed by atoms with Crippen LogP contribution in [-0.2, 0) is 31.8 Å². The van der Waals surface area contributed by atoms with E-state index < -0.39 is 5.54 Å². The number of carbonyl (C=O) groups excluding carboxylic acids is 2. The first-order valence-electron chi connectivity index (χ1n) is 9.98. The molecule has 0 bridgehead atoms. The van der Waals surface area contributed by atoms with Crippen LogP contribution in [0, 0.1) is 5.92 Å². The summed E-state index contributed by atoms with van der Waals surface area (Å²) in [7, 11) is 1.80. The van der Waals surface area contributed by atoms with E-state index in [1.54, 1.807) is 34.9 Å². The Labute approximate surface area is 185 Å². The fourth-order valence-corrected chi connectivity index (χ4v) is 3.40. The van der Waals surface area contributed by atoms with E-state index in [1.807, 2.05) is 31.0 Å². The second-order valence-electron chi connectivity index (χ2n) is 7.50. The number of hydrogen-bond donors (Lipinski definition) is 3. The number of nitrogens with zero attached hydrogens (tertiary/aromatic N) is 5. The molecular weight excluding hydrogens is 420 g/mol. The van der Waals surface area contributed by atoms with Gasteiger partial charge in [-0.05, 0) is 24.8 Å². The Morgan fingerprint density at radius 2 is 1.78 bits per heavy atom. The number of carbonyl (C=O) groups is 4. The number of hydrogen-bond acceptors (Lipinski definition) is 6. The van der Waals surface area contributed by atoms with Crippen LogP contribution in [0.2, 0.25) is 0 Å². The summed E-state index contributed by atoms with van der Waals surface area (Å²) >= 11 is 0. The molecule has 0 atom stereocenters. The molecule has 1 aliphatic heterocycles. The third kappa shape index (κ3) is 7.22. The van der Waals surface area contributed by atoms with Crippen molar-refractivity contribution in [1.29, 1.82) is 0 Å². The van der Waals surface area contributed by atoms with Gasteiger partial charge < -0.3 is 20.4 Å². The molecule has 0 aromatic carbocycles. The van der Waals surface area contributed by atoms with Crippen molar-refractivity contribution in [1.82, 2.24) is 24.5 Å². The van der Waals surface area contributed by atoms with Crippen LogP contribution in [0.1, 0.15) is 33.1 Å². The van der Waals surface area contributed by atoms with E-state index in [-0.39, 0.29) is 24.8 Å². The highest BCUT2D eigenvalue weighted by molar-refractivity contribution is 5.96. The van der Waals surface area contributed by atoms with Gasteiger partial charge in [-0.3, -0.25) is 28.5 Å². The summed E-state index contributed by atoms with van der Waals surface area (Å²) < 4.78 is 3.36. The lowest BCUT2D eigenvalue weighted by Gasteiger charge is -2.40. The predicted octanol–water partition coefficient (Wildman–Crippen LogP) is 1.02. The van der Waals surface area contributed by atoms with Crippen molar-refractivity contribution in [3.63, 3.8) is 0 Å². The van der Waals surface area contributed by atoms with Crippen molar-refractivity contribution in [3.05, 3.63) is 30.7 Å². The topological polar surface area (TPSA) is 160 Å². The lowest BCUT2D eigenvalue weighted by molar-refractivity contribution is -0.138. The molecule has 176 valence electrons. The third-order valence-electron chi connectivity index (χ3n) is 4.85. The number of anilines is 1. The molecule has 2 amide bonds. The van der Waals surface area contributed by atoms with Gasteiger partial charge in [0.2, 0.25) is 5.91 Å². The molecule has 1 saturated heterocycles. The van der Waals surface area contributed by atoms with Crippen LogP contribution >= 0.6 is 0 Å². The van der Waals surface area contributed by atoms with Crippen molar-refractivity contribution >= 4 is 30.6 Å². The zero-order valence-electron chi connectivity index (χ0n) is 18.4. The van der Waals surface area contributed by atoms with Gasteiger partial charge in [0.05, 0.1) is 0 Å². The number of likely N-dealkylation sites (tertiary alicyclic amines) is 1. The highest BCUT2D eigenvalue weighted by Crippen LogP contribution is 2.31. The minimum absolute atomic E-state index is 0.143. The largest absolute Gasteiger partial charge is 0.483 e. The highest BCUT2D eigenvalue weighted by Gasteiger charge is 2.44. The van der Waals surface area contributed by atoms with E-state index in [2.05, 4.69) is 15.5 Å². The van der Waals surface area contributed by atoms with Gasteiger partial charge in [0.25, 0.3) is 18.9 Å². The van der Waals surface area contributed by atoms with E-state index in [1.165, 1.54) is 0 Å². The lowest BCUT2D eigenvalue weighted by Crippen LogP contribution is -2.54. The molecule has 2 aromatic heterocycles. The minimum atomic E-state index is -0.810. The number of rotatable bonds is 5. The molecule has 0 radical (unpaired) electrons. The molecule has 12 nitrogen and oxygen atoms in total. The first kappa shape index (κ1) is 26.3. The summed E-state index contributed by atoms with van der Waals surface area (Å²) in [4.78, 5) is 44.1. The number of piperidine rings is 1. The van der Waals surface area contributed by atoms with E-state index >= 15 is 0 Å². The van der Waals surface area contributed by atoms with Crippen molar-refractivity contribution in [2.45, 2.75) is 38.6 Å². The Hall–Kier alpha value is -3.70. The Morgan fingerprint density at radius 3 is 2.22 bits per heavy atom. The summed E-state index contributed by atoms with van der Waals surface area (Å²) in [5.74, 6) is 0.852. The molecule has 0 aliphatic carbocycles. The molecule has 0 spiro atoms. The minimum Gasteiger partial charge on any atom is -0.483 e. The average Bonchev–Trinajstić information content (AvgIpc) is 3.41. The van der Waals surface area contributed by atoms with Gasteiger partial charge in [-0.25, -0.2) is 0 Å². The van der Waals surface area contributed by atoms with Crippen LogP contribution in [-0.4, -0.2) is 72.5 Å². The van der Waals surface area contributed by atoms with Gasteiger partial charge in [0.15, 0.2) is 5.82 Å². The molecule has 1 fully saturated rings. The Kier molecular flexibility index (Phi) is 10.6. The Bertz CT molecular complexity index is 850. The van der Waals surface area contributed by atoms with Crippen molar-refractivity contribution < 1.29 is 29.4 Å². The van der Waals surface area contributed by atoms with Crippen LogP contribution in [0.4, 0.5) is 5.82 Å². The number of carboxylic acid groups (broad SMARTS) is 2. The number of amides is 2. The number of nitrogens with one attached hydrogen (secondary N) is 1. The maximum atomic E-state index is 13.1. The SMILES string of the molecule is CC(C)CC(=O)N1CCC(C(=O)Nc2ccn(C)n2)(n2cccn2)CC1.O=CO.O=CO. The maximum absolute atomic E-state index is 13.1. The number of aromatic nitrogens is 4. The highest BCUT2D eigenvalue weighted by atomic mass is 16.3. The molecule has 3 N–H and O–H groups in total. The first-order chi connectivity index (χ1) is 15.2. The molecule has 32 heavy (non-hydrogen) atoms. The van der Waals surface area contributed by atoms with E-state index in [0.717, 1.165) is 0 Å². The van der Waals surface area contributed by atoms with Crippen LogP contribution in [0.3, 0.4) is 0 Å². The number of aryl methyl sites for hydroxylation is 1. The average molecular weight is 450 g/mol. The van der Waals surface area contributed by atoms with Crippen molar-refractivity contribution in [2.24, 2.45) is 13.0 Å². The van der Waals surface area contributed by atoms with Gasteiger partial charge in [-0.15, -0.1) is 0 Å². The van der Waals surface area contributed by atoms with E-state index in [9.17, 15) is 9.59 Å². The van der Waals surface area contributed by atoms with E-state index in [4.69, 9.17) is 19.8 Å². The van der Waals surface area contributed by atoms with Gasteiger partial charge in [-0.2, -0.15) is 10.2 Å². The predicted molar refractivity (Wildman–Crippen MR) is 115 cm³/mol. The van der Waals surface area contributed by atoms with Crippen LogP contribution in [0.25, 0.3) is 0 Å². The fraction of sp³-hybridized carbons (Fsp3) is 0.500. The summed E-state index contributed by atoms with van der Waals surface area (Å²) in [5.41, 5.74) is -0.810. The molecular formula is C20H30N6O6. The summed E-state index contributed by atoms with van der Waals surface area (Å²) in [6.45, 7) is 4.66. The second-order valence-corrected chi connectivity index (χ2v) is 7.50. The van der Waals surface area contributed by atoms with Gasteiger partial charge >= 0.3 is 0 Å². The summed E-state index contributed by atoms with van der Waals surface area (Å²) in [5, 5.41) is 25.2. The zero-order valence-corrected chi connectivity index (χ0v) is 18.4. The third-order valence-corrected chi connectivity index (χ3v) is 4.85. The first-order valence-corrected chi connectivity index (χ1v) is 9.98. The summed E-state index contributed by atoms with van der Waals surface area (Å²) in [6, 6.07) is 3.57. The lowest BCUT2D eigenvalue weighted by atomic mass is 9.86. The summed E-state index contributed by atoms with van der Waals surface area (Å²) in [6.07, 6.45) is 6.85. The van der Waals surface area contributed by atoms with Gasteiger partial charge in [0, 0.05) is 51.2 Å². The molecule has 1 aliphatic rings. The maximum Gasteiger partial charge on any atom is 0.290 e. The molecule has 3 rings (SSSR count). The molecule has 0 unspecified atom stereocenters. The van der Waals surface area contributed by atoms with Crippen molar-refractivity contribution in [2.75, 3.05) is 18.4 Å². The molecule has 3 heterocycles. The second kappa shape index (κ2) is 12.9. The standard InChI is InChI=1S/C18H26N6O2.2CH2O2/c1-14(2)13-16(25)23-11-6-18(7-12-23,24-9-4-8-19-24)17(26)20-15-5-10-22(3)21-15;2*2-1-3/h4-5,8-10,14H,6-7,11-13H2,1-3H3,(H,20,21,26);2*1H,(H,2,3). The van der Waals surface area contributed by atoms with Crippen LogP contribution < -0.4 is 5.32 Å². The fourth-order valence-electron chi connectivity index (χ4n) is 3.40. The molecule has 0 saturated carbocycles. The van der Waals surface area contributed by atoms with Crippen LogP contribution in [0.5, 0.6) is 0 Å². The van der Waals surface area contributed by atoms with Gasteiger partial charge in [0.1, 0.15) is 5.54 Å². The molecule has 12 heteroatoms. The van der Waals surface area contributed by atoms with E-state index in [0.29, 0.717) is 44.1 Å². The smallest absolute Gasteiger partial charge is 0.290 e. The van der Waals surface area contributed by atoms with Gasteiger partial charge in [-0.1, -0.05) is 13.8 Å². The zero-order chi connectivity index (χ0) is 24.1. The quantitative estimate of drug-likeness (QED) is 0.569. The Morgan fingerprint density at radius 1 is 1.19 bits per heavy atom.